The van der Waals surface area contributed by atoms with E-state index in [1.807, 2.05) is 48.5 Å². The summed E-state index contributed by atoms with van der Waals surface area (Å²) in [7, 11) is 0. The van der Waals surface area contributed by atoms with E-state index in [-0.39, 0.29) is 5.91 Å². The molecule has 0 radical (unpaired) electrons. The van der Waals surface area contributed by atoms with Gasteiger partial charge in [0.1, 0.15) is 0 Å². The van der Waals surface area contributed by atoms with Crippen molar-refractivity contribution in [3.05, 3.63) is 48.5 Å². The zero-order valence-electron chi connectivity index (χ0n) is 12.8. The van der Waals surface area contributed by atoms with Crippen LogP contribution in [-0.2, 0) is 4.79 Å². The first-order chi connectivity index (χ1) is 11.3. The molecule has 1 aliphatic heterocycles. The standard InChI is InChI=1S/C18H19NO3S/c20-18(9-12-23-15-5-2-1-3-6-15)19-14-7-8-16-17(13-14)22-11-4-10-21-16/h1-3,5-8,13H,4,9-12H2,(H,19,20). The number of rotatable bonds is 5. The lowest BCUT2D eigenvalue weighted by molar-refractivity contribution is -0.115. The highest BCUT2D eigenvalue weighted by Gasteiger charge is 2.11. The van der Waals surface area contributed by atoms with Crippen LogP contribution in [0.15, 0.2) is 53.4 Å². The molecule has 23 heavy (non-hydrogen) atoms. The van der Waals surface area contributed by atoms with Crippen molar-refractivity contribution in [3.8, 4) is 11.5 Å². The van der Waals surface area contributed by atoms with Crippen molar-refractivity contribution >= 4 is 23.4 Å². The van der Waals surface area contributed by atoms with Gasteiger partial charge in [-0.2, -0.15) is 0 Å². The SMILES string of the molecule is O=C(CCSc1ccccc1)Nc1ccc2c(c1)OCCCO2. The second-order valence-electron chi connectivity index (χ2n) is 5.17. The van der Waals surface area contributed by atoms with Crippen LogP contribution in [0.3, 0.4) is 0 Å². The Morgan fingerprint density at radius 2 is 1.83 bits per heavy atom. The van der Waals surface area contributed by atoms with Gasteiger partial charge >= 0.3 is 0 Å². The molecule has 1 heterocycles. The number of amides is 1. The molecule has 5 heteroatoms. The quantitative estimate of drug-likeness (QED) is 0.843. The molecule has 120 valence electrons. The molecule has 2 aromatic rings. The van der Waals surface area contributed by atoms with Gasteiger partial charge < -0.3 is 14.8 Å². The number of nitrogens with one attached hydrogen (secondary N) is 1. The summed E-state index contributed by atoms with van der Waals surface area (Å²) in [6, 6.07) is 15.6. The lowest BCUT2D eigenvalue weighted by atomic mass is 10.2. The molecule has 1 N–H and O–H groups in total. The van der Waals surface area contributed by atoms with Gasteiger partial charge in [0, 0.05) is 35.2 Å². The number of carbonyl (C=O) groups excluding carboxylic acids is 1. The van der Waals surface area contributed by atoms with E-state index >= 15 is 0 Å². The molecule has 4 nitrogen and oxygen atoms in total. The second-order valence-corrected chi connectivity index (χ2v) is 6.34. The van der Waals surface area contributed by atoms with E-state index in [1.165, 1.54) is 4.90 Å². The van der Waals surface area contributed by atoms with Crippen molar-refractivity contribution in [1.29, 1.82) is 0 Å². The first-order valence-corrected chi connectivity index (χ1v) is 8.67. The summed E-state index contributed by atoms with van der Waals surface area (Å²) in [4.78, 5) is 13.2. The molecular weight excluding hydrogens is 310 g/mol. The van der Waals surface area contributed by atoms with E-state index in [0.29, 0.717) is 25.4 Å². The fraction of sp³-hybridized carbons (Fsp3) is 0.278. The fourth-order valence-electron chi connectivity index (χ4n) is 2.24. The number of carbonyl (C=O) groups is 1. The Balaban J connectivity index is 1.50. The Morgan fingerprint density at radius 1 is 1.04 bits per heavy atom. The van der Waals surface area contributed by atoms with E-state index in [0.717, 1.165) is 23.6 Å². The average Bonchev–Trinajstić information content (AvgIpc) is 2.81. The Hall–Kier alpha value is -2.14. The third kappa shape index (κ3) is 4.66. The highest BCUT2D eigenvalue weighted by atomic mass is 32.2. The van der Waals surface area contributed by atoms with Crippen molar-refractivity contribution in [1.82, 2.24) is 0 Å². The summed E-state index contributed by atoms with van der Waals surface area (Å²) in [5, 5.41) is 2.91. The summed E-state index contributed by atoms with van der Waals surface area (Å²) in [6.07, 6.45) is 1.33. The second kappa shape index (κ2) is 7.92. The topological polar surface area (TPSA) is 47.6 Å². The van der Waals surface area contributed by atoms with Gasteiger partial charge in [-0.25, -0.2) is 0 Å². The Morgan fingerprint density at radius 3 is 2.65 bits per heavy atom. The number of ether oxygens (including phenoxy) is 2. The van der Waals surface area contributed by atoms with E-state index in [9.17, 15) is 4.79 Å². The molecule has 0 fully saturated rings. The smallest absolute Gasteiger partial charge is 0.225 e. The van der Waals surface area contributed by atoms with Crippen molar-refractivity contribution in [2.24, 2.45) is 0 Å². The van der Waals surface area contributed by atoms with Gasteiger partial charge in [-0.15, -0.1) is 11.8 Å². The number of hydrogen-bond donors (Lipinski definition) is 1. The molecule has 0 saturated heterocycles. The zero-order chi connectivity index (χ0) is 15.9. The van der Waals surface area contributed by atoms with E-state index in [4.69, 9.17) is 9.47 Å². The molecule has 3 rings (SSSR count). The lowest BCUT2D eigenvalue weighted by Crippen LogP contribution is -2.12. The van der Waals surface area contributed by atoms with Crippen LogP contribution in [0.25, 0.3) is 0 Å². The monoisotopic (exact) mass is 329 g/mol. The van der Waals surface area contributed by atoms with Crippen LogP contribution in [0, 0.1) is 0 Å². The number of anilines is 1. The Bertz CT molecular complexity index is 661. The zero-order valence-corrected chi connectivity index (χ0v) is 13.6. The van der Waals surface area contributed by atoms with Crippen LogP contribution in [0.2, 0.25) is 0 Å². The van der Waals surface area contributed by atoms with Crippen molar-refractivity contribution in [2.75, 3.05) is 24.3 Å². The maximum atomic E-state index is 12.0. The van der Waals surface area contributed by atoms with Crippen LogP contribution < -0.4 is 14.8 Å². The van der Waals surface area contributed by atoms with Crippen LogP contribution in [-0.4, -0.2) is 24.9 Å². The number of thioether (sulfide) groups is 1. The number of benzene rings is 2. The van der Waals surface area contributed by atoms with Gasteiger partial charge in [-0.05, 0) is 24.3 Å². The summed E-state index contributed by atoms with van der Waals surface area (Å²) in [5.74, 6) is 2.18. The molecule has 2 aromatic carbocycles. The molecule has 0 aromatic heterocycles. The minimum Gasteiger partial charge on any atom is -0.490 e. The molecule has 1 amide bonds. The molecule has 0 spiro atoms. The van der Waals surface area contributed by atoms with Gasteiger partial charge in [0.05, 0.1) is 13.2 Å². The summed E-state index contributed by atoms with van der Waals surface area (Å²) < 4.78 is 11.2. The number of hydrogen-bond acceptors (Lipinski definition) is 4. The molecule has 0 bridgehead atoms. The molecule has 0 atom stereocenters. The van der Waals surface area contributed by atoms with E-state index < -0.39 is 0 Å². The molecule has 0 saturated carbocycles. The minimum absolute atomic E-state index is 0.00271. The van der Waals surface area contributed by atoms with Gasteiger partial charge in [0.25, 0.3) is 0 Å². The van der Waals surface area contributed by atoms with Gasteiger partial charge in [0.15, 0.2) is 11.5 Å². The van der Waals surface area contributed by atoms with E-state index in [2.05, 4.69) is 5.32 Å². The largest absolute Gasteiger partial charge is 0.490 e. The summed E-state index contributed by atoms with van der Waals surface area (Å²) in [6.45, 7) is 1.30. The Labute approximate surface area is 140 Å². The minimum atomic E-state index is 0.00271. The summed E-state index contributed by atoms with van der Waals surface area (Å²) in [5.41, 5.74) is 0.740. The highest BCUT2D eigenvalue weighted by molar-refractivity contribution is 7.99. The molecular formula is C18H19NO3S. The third-order valence-electron chi connectivity index (χ3n) is 3.37. The summed E-state index contributed by atoms with van der Waals surface area (Å²) >= 11 is 1.68. The first-order valence-electron chi connectivity index (χ1n) is 7.68. The number of fused-ring (bicyclic) bond motifs is 1. The lowest BCUT2D eigenvalue weighted by Gasteiger charge is -2.10. The van der Waals surface area contributed by atoms with Crippen molar-refractivity contribution in [3.63, 3.8) is 0 Å². The van der Waals surface area contributed by atoms with Crippen LogP contribution in [0.5, 0.6) is 11.5 Å². The van der Waals surface area contributed by atoms with Crippen LogP contribution in [0.1, 0.15) is 12.8 Å². The van der Waals surface area contributed by atoms with Gasteiger partial charge in [-0.1, -0.05) is 18.2 Å². The molecule has 1 aliphatic rings. The van der Waals surface area contributed by atoms with Crippen LogP contribution in [0.4, 0.5) is 5.69 Å². The van der Waals surface area contributed by atoms with E-state index in [1.54, 1.807) is 11.8 Å². The predicted molar refractivity (Wildman–Crippen MR) is 92.5 cm³/mol. The van der Waals surface area contributed by atoms with Crippen LogP contribution >= 0.6 is 11.8 Å². The van der Waals surface area contributed by atoms with Gasteiger partial charge in [0.2, 0.25) is 5.91 Å². The highest BCUT2D eigenvalue weighted by Crippen LogP contribution is 2.32. The normalized spacial score (nSPS) is 13.2. The molecule has 0 aliphatic carbocycles. The van der Waals surface area contributed by atoms with Gasteiger partial charge in [-0.3, -0.25) is 4.79 Å². The average molecular weight is 329 g/mol. The fourth-order valence-corrected chi connectivity index (χ4v) is 3.12. The predicted octanol–water partition coefficient (Wildman–Crippen LogP) is 3.97. The third-order valence-corrected chi connectivity index (χ3v) is 4.39. The maximum absolute atomic E-state index is 12.0. The molecule has 0 unspecified atom stereocenters. The Kier molecular flexibility index (Phi) is 5.42. The maximum Gasteiger partial charge on any atom is 0.225 e. The van der Waals surface area contributed by atoms with Crippen molar-refractivity contribution < 1.29 is 14.3 Å². The first kappa shape index (κ1) is 15.7. The van der Waals surface area contributed by atoms with Crippen molar-refractivity contribution in [2.45, 2.75) is 17.7 Å².